The minimum atomic E-state index is 0.110. The van der Waals surface area contributed by atoms with Crippen molar-refractivity contribution in [1.82, 2.24) is 10.2 Å². The first-order valence-corrected chi connectivity index (χ1v) is 12.3. The first-order valence-electron chi connectivity index (χ1n) is 12.3. The average Bonchev–Trinajstić information content (AvgIpc) is 3.30. The molecule has 1 atom stereocenters. The van der Waals surface area contributed by atoms with E-state index >= 15 is 0 Å². The largest absolute Gasteiger partial charge is 0.381 e. The summed E-state index contributed by atoms with van der Waals surface area (Å²) in [5.74, 6) is 0.834. The van der Waals surface area contributed by atoms with E-state index in [0.29, 0.717) is 19.1 Å². The highest BCUT2D eigenvalue weighted by molar-refractivity contribution is 5.83. The van der Waals surface area contributed by atoms with Crippen LogP contribution in [0.2, 0.25) is 0 Å². The van der Waals surface area contributed by atoms with Crippen molar-refractivity contribution < 1.29 is 14.3 Å². The molecule has 4 fully saturated rings. The number of amides is 2. The Morgan fingerprint density at radius 1 is 1.00 bits per heavy atom. The summed E-state index contributed by atoms with van der Waals surface area (Å²) >= 11 is 0. The molecule has 5 nitrogen and oxygen atoms in total. The van der Waals surface area contributed by atoms with Crippen LogP contribution in [-0.2, 0) is 19.7 Å². The number of nitrogens with one attached hydrogen (secondary N) is 1. The lowest BCUT2D eigenvalue weighted by atomic mass is 9.78. The van der Waals surface area contributed by atoms with Crippen molar-refractivity contribution in [2.45, 2.75) is 63.2 Å². The first kappa shape index (κ1) is 21.0. The Hall–Kier alpha value is -1.88. The molecule has 0 unspecified atom stereocenters. The molecular formula is C26H36N2O3. The Bertz CT molecular complexity index is 788. The molecule has 31 heavy (non-hydrogen) atoms. The maximum atomic E-state index is 13.1. The number of nitrogens with zero attached hydrogens (tertiary/aromatic N) is 1. The molecule has 2 saturated heterocycles. The van der Waals surface area contributed by atoms with Crippen molar-refractivity contribution in [1.29, 1.82) is 0 Å². The SMILES string of the molecule is O=C(NCC1(c2ccccc2)CCCC1)[C@H]1CC12CCN(C(=O)C1CCOCC1)CC2. The Labute approximate surface area is 185 Å². The van der Waals surface area contributed by atoms with Crippen LogP contribution in [-0.4, -0.2) is 49.6 Å². The third-order valence-corrected chi connectivity index (χ3v) is 8.70. The molecule has 0 bridgehead atoms. The zero-order chi connectivity index (χ0) is 21.3. The second kappa shape index (κ2) is 8.57. The number of carbonyl (C=O) groups excluding carboxylic acids is 2. The highest BCUT2D eigenvalue weighted by Crippen LogP contribution is 2.59. The van der Waals surface area contributed by atoms with E-state index in [1.165, 1.54) is 18.4 Å². The van der Waals surface area contributed by atoms with Gasteiger partial charge in [0.05, 0.1) is 0 Å². The van der Waals surface area contributed by atoms with Crippen molar-refractivity contribution in [3.8, 4) is 0 Å². The third kappa shape index (κ3) is 4.13. The number of carbonyl (C=O) groups is 2. The average molecular weight is 425 g/mol. The molecule has 5 rings (SSSR count). The molecule has 1 aromatic rings. The van der Waals surface area contributed by atoms with Crippen LogP contribution in [0.15, 0.2) is 30.3 Å². The van der Waals surface area contributed by atoms with Crippen molar-refractivity contribution in [2.75, 3.05) is 32.8 Å². The Balaban J connectivity index is 1.13. The van der Waals surface area contributed by atoms with E-state index in [2.05, 4.69) is 40.5 Å². The summed E-state index contributed by atoms with van der Waals surface area (Å²) in [6.45, 7) is 3.81. The topological polar surface area (TPSA) is 58.6 Å². The normalized spacial score (nSPS) is 27.2. The Morgan fingerprint density at radius 2 is 1.68 bits per heavy atom. The van der Waals surface area contributed by atoms with Gasteiger partial charge in [-0.3, -0.25) is 9.59 Å². The fourth-order valence-electron chi connectivity index (χ4n) is 6.44. The van der Waals surface area contributed by atoms with Crippen LogP contribution in [0.1, 0.15) is 63.4 Å². The van der Waals surface area contributed by atoms with Gasteiger partial charge in [-0.1, -0.05) is 43.2 Å². The number of hydrogen-bond acceptors (Lipinski definition) is 3. The summed E-state index contributed by atoms with van der Waals surface area (Å²) in [5.41, 5.74) is 1.63. The molecule has 2 heterocycles. The smallest absolute Gasteiger partial charge is 0.225 e. The molecule has 168 valence electrons. The second-order valence-corrected chi connectivity index (χ2v) is 10.4. The summed E-state index contributed by atoms with van der Waals surface area (Å²) in [5, 5.41) is 3.35. The summed E-state index contributed by atoms with van der Waals surface area (Å²) in [7, 11) is 0. The lowest BCUT2D eigenvalue weighted by Crippen LogP contribution is -2.45. The van der Waals surface area contributed by atoms with Gasteiger partial charge in [-0.15, -0.1) is 0 Å². The molecule has 2 aliphatic heterocycles. The van der Waals surface area contributed by atoms with Crippen molar-refractivity contribution in [3.05, 3.63) is 35.9 Å². The number of benzene rings is 1. The predicted molar refractivity (Wildman–Crippen MR) is 119 cm³/mol. The minimum absolute atomic E-state index is 0.110. The summed E-state index contributed by atoms with van der Waals surface area (Å²) in [4.78, 5) is 27.9. The van der Waals surface area contributed by atoms with Crippen LogP contribution < -0.4 is 5.32 Å². The lowest BCUT2D eigenvalue weighted by molar-refractivity contribution is -0.140. The maximum absolute atomic E-state index is 13.1. The fourth-order valence-corrected chi connectivity index (χ4v) is 6.44. The lowest BCUT2D eigenvalue weighted by Gasteiger charge is -2.36. The zero-order valence-electron chi connectivity index (χ0n) is 18.6. The van der Waals surface area contributed by atoms with Crippen LogP contribution >= 0.6 is 0 Å². The molecule has 0 aromatic heterocycles. The van der Waals surface area contributed by atoms with E-state index in [9.17, 15) is 9.59 Å². The van der Waals surface area contributed by atoms with E-state index in [1.54, 1.807) is 0 Å². The van der Waals surface area contributed by atoms with Crippen molar-refractivity contribution >= 4 is 11.8 Å². The molecule has 1 N–H and O–H groups in total. The fraction of sp³-hybridized carbons (Fsp3) is 0.692. The molecule has 4 aliphatic rings. The van der Waals surface area contributed by atoms with E-state index in [-0.39, 0.29) is 28.6 Å². The van der Waals surface area contributed by atoms with Gasteiger partial charge in [0.1, 0.15) is 0 Å². The quantitative estimate of drug-likeness (QED) is 0.785. The van der Waals surface area contributed by atoms with Gasteiger partial charge in [0.25, 0.3) is 0 Å². The molecule has 2 amide bonds. The van der Waals surface area contributed by atoms with E-state index < -0.39 is 0 Å². The summed E-state index contributed by atoms with van der Waals surface area (Å²) in [6.07, 6.45) is 9.48. The van der Waals surface area contributed by atoms with E-state index in [1.807, 2.05) is 0 Å². The number of hydrogen-bond donors (Lipinski definition) is 1. The van der Waals surface area contributed by atoms with Gasteiger partial charge >= 0.3 is 0 Å². The van der Waals surface area contributed by atoms with Gasteiger partial charge in [-0.05, 0) is 55.9 Å². The van der Waals surface area contributed by atoms with Gasteiger partial charge < -0.3 is 15.0 Å². The van der Waals surface area contributed by atoms with Crippen LogP contribution in [0.25, 0.3) is 0 Å². The van der Waals surface area contributed by atoms with E-state index in [0.717, 1.165) is 64.6 Å². The molecule has 1 spiro atoms. The molecule has 1 aromatic carbocycles. The van der Waals surface area contributed by atoms with Gasteiger partial charge in [0.2, 0.25) is 11.8 Å². The predicted octanol–water partition coefficient (Wildman–Crippen LogP) is 3.67. The Morgan fingerprint density at radius 3 is 2.35 bits per heavy atom. The van der Waals surface area contributed by atoms with Crippen LogP contribution in [0.3, 0.4) is 0 Å². The van der Waals surface area contributed by atoms with Crippen LogP contribution in [0.4, 0.5) is 0 Å². The Kier molecular flexibility index (Phi) is 5.80. The first-order chi connectivity index (χ1) is 15.1. The molecule has 0 radical (unpaired) electrons. The van der Waals surface area contributed by atoms with Crippen LogP contribution in [0.5, 0.6) is 0 Å². The zero-order valence-corrected chi connectivity index (χ0v) is 18.6. The van der Waals surface area contributed by atoms with Gasteiger partial charge in [-0.2, -0.15) is 0 Å². The molecular weight excluding hydrogens is 388 g/mol. The van der Waals surface area contributed by atoms with Crippen molar-refractivity contribution in [2.24, 2.45) is 17.3 Å². The standard InChI is InChI=1S/C26H36N2O3/c29-23(27-19-26(10-4-5-11-26)21-6-2-1-3-7-21)22-18-25(22)12-14-28(15-13-25)24(30)20-8-16-31-17-9-20/h1-3,6-7,20,22H,4-5,8-19H2,(H,27,29)/t22-/m1/s1. The van der Waals surface area contributed by atoms with Gasteiger partial charge in [0.15, 0.2) is 0 Å². The summed E-state index contributed by atoms with van der Waals surface area (Å²) in [6, 6.07) is 10.7. The number of piperidine rings is 1. The van der Waals surface area contributed by atoms with Gasteiger partial charge in [0, 0.05) is 50.1 Å². The number of ether oxygens (including phenoxy) is 1. The molecule has 2 aliphatic carbocycles. The van der Waals surface area contributed by atoms with Crippen LogP contribution in [0, 0.1) is 17.3 Å². The molecule has 2 saturated carbocycles. The minimum Gasteiger partial charge on any atom is -0.381 e. The van der Waals surface area contributed by atoms with Crippen molar-refractivity contribution in [3.63, 3.8) is 0 Å². The monoisotopic (exact) mass is 424 g/mol. The second-order valence-electron chi connectivity index (χ2n) is 10.4. The third-order valence-electron chi connectivity index (χ3n) is 8.70. The number of likely N-dealkylation sites (tertiary alicyclic amines) is 1. The number of rotatable bonds is 5. The summed E-state index contributed by atoms with van der Waals surface area (Å²) < 4.78 is 5.40. The van der Waals surface area contributed by atoms with Gasteiger partial charge in [-0.25, -0.2) is 0 Å². The highest BCUT2D eigenvalue weighted by atomic mass is 16.5. The van der Waals surface area contributed by atoms with E-state index in [4.69, 9.17) is 4.74 Å². The maximum Gasteiger partial charge on any atom is 0.225 e. The molecule has 5 heteroatoms. The highest BCUT2D eigenvalue weighted by Gasteiger charge is 2.59.